The first kappa shape index (κ1) is 18.1. The van der Waals surface area contributed by atoms with Gasteiger partial charge in [-0.3, -0.25) is 9.59 Å². The van der Waals surface area contributed by atoms with Crippen LogP contribution < -0.4 is 0 Å². The number of aromatic amines is 1. The van der Waals surface area contributed by atoms with Gasteiger partial charge in [-0.05, 0) is 43.2 Å². The van der Waals surface area contributed by atoms with Crippen LogP contribution in [-0.2, 0) is 13.0 Å². The molecule has 0 atom stereocenters. The van der Waals surface area contributed by atoms with Gasteiger partial charge in [0.15, 0.2) is 5.78 Å². The Morgan fingerprint density at radius 1 is 1.00 bits per heavy atom. The van der Waals surface area contributed by atoms with Crippen LogP contribution in [0.3, 0.4) is 0 Å². The summed E-state index contributed by atoms with van der Waals surface area (Å²) in [6.45, 7) is 4.74. The minimum absolute atomic E-state index is 0.0752. The third kappa shape index (κ3) is 4.49. The molecule has 0 aliphatic carbocycles. The fraction of sp³-hybridized carbons (Fsp3) is 0.238. The third-order valence-electron chi connectivity index (χ3n) is 4.24. The number of nitrogens with zero attached hydrogens (tertiary/aromatic N) is 1. The summed E-state index contributed by atoms with van der Waals surface area (Å²) in [4.78, 5) is 31.7. The molecule has 3 aromatic rings. The molecule has 0 radical (unpaired) electrons. The number of benzene rings is 1. The molecule has 0 saturated heterocycles. The number of nitrogens with one attached hydrogen (secondary N) is 1. The summed E-state index contributed by atoms with van der Waals surface area (Å²) in [5, 5.41) is 0. The van der Waals surface area contributed by atoms with Crippen molar-refractivity contribution in [3.8, 4) is 0 Å². The Labute approximate surface area is 157 Å². The van der Waals surface area contributed by atoms with E-state index in [2.05, 4.69) is 36.2 Å². The number of thiophene rings is 1. The number of Topliss-reactive ketones (excluding diaryl/α,β-unsaturated/α-hetero) is 1. The van der Waals surface area contributed by atoms with Gasteiger partial charge in [0.05, 0.1) is 12.2 Å². The molecule has 134 valence electrons. The average molecular weight is 366 g/mol. The smallest absolute Gasteiger partial charge is 0.270 e. The van der Waals surface area contributed by atoms with Gasteiger partial charge >= 0.3 is 0 Å². The molecule has 26 heavy (non-hydrogen) atoms. The number of carbonyl (C=O) groups is 2. The predicted molar refractivity (Wildman–Crippen MR) is 105 cm³/mol. The van der Waals surface area contributed by atoms with E-state index >= 15 is 0 Å². The molecule has 1 amide bonds. The van der Waals surface area contributed by atoms with Gasteiger partial charge in [0.2, 0.25) is 0 Å². The van der Waals surface area contributed by atoms with E-state index in [9.17, 15) is 9.59 Å². The van der Waals surface area contributed by atoms with Crippen LogP contribution in [0.4, 0.5) is 0 Å². The molecule has 1 aromatic carbocycles. The molecule has 2 aromatic heterocycles. The Balaban J connectivity index is 1.78. The maximum absolute atomic E-state index is 13.0. The summed E-state index contributed by atoms with van der Waals surface area (Å²) in [6.07, 6.45) is 0.789. The van der Waals surface area contributed by atoms with Crippen LogP contribution in [0, 0.1) is 6.92 Å². The average Bonchev–Trinajstić information content (AvgIpc) is 3.28. The van der Waals surface area contributed by atoms with Gasteiger partial charge in [0.25, 0.3) is 5.91 Å². The molecular formula is C21H22N2O2S. The van der Waals surface area contributed by atoms with E-state index in [0.29, 0.717) is 24.5 Å². The quantitative estimate of drug-likeness (QED) is 0.627. The minimum atomic E-state index is -0.0838. The highest BCUT2D eigenvalue weighted by Gasteiger charge is 2.19. The Bertz CT molecular complexity index is 896. The first-order valence-corrected chi connectivity index (χ1v) is 9.43. The summed E-state index contributed by atoms with van der Waals surface area (Å²) in [5.74, 6) is -0.159. The van der Waals surface area contributed by atoms with Crippen molar-refractivity contribution < 1.29 is 9.59 Å². The summed E-state index contributed by atoms with van der Waals surface area (Å²) >= 11 is 1.70. The molecule has 4 nitrogen and oxygen atoms in total. The van der Waals surface area contributed by atoms with Gasteiger partial charge < -0.3 is 9.88 Å². The second kappa shape index (κ2) is 8.15. The lowest BCUT2D eigenvalue weighted by atomic mass is 10.1. The zero-order valence-corrected chi connectivity index (χ0v) is 15.8. The van der Waals surface area contributed by atoms with Crippen LogP contribution in [-0.4, -0.2) is 28.1 Å². The topological polar surface area (TPSA) is 53.2 Å². The van der Waals surface area contributed by atoms with E-state index in [1.165, 1.54) is 17.4 Å². The Hall–Kier alpha value is -2.66. The van der Waals surface area contributed by atoms with Gasteiger partial charge in [-0.25, -0.2) is 0 Å². The van der Waals surface area contributed by atoms with Gasteiger partial charge in [0.1, 0.15) is 5.69 Å². The van der Waals surface area contributed by atoms with Crippen molar-refractivity contribution in [1.82, 2.24) is 9.88 Å². The number of rotatable bonds is 7. The maximum atomic E-state index is 13.0. The molecule has 5 heteroatoms. The number of hydrogen-bond donors (Lipinski definition) is 1. The molecular weight excluding hydrogens is 344 g/mol. The molecule has 0 unspecified atom stereocenters. The number of aromatic nitrogens is 1. The van der Waals surface area contributed by atoms with E-state index in [1.807, 2.05) is 23.1 Å². The van der Waals surface area contributed by atoms with Crippen molar-refractivity contribution in [2.24, 2.45) is 0 Å². The highest BCUT2D eigenvalue weighted by atomic mass is 32.1. The molecule has 0 fully saturated rings. The van der Waals surface area contributed by atoms with Crippen molar-refractivity contribution in [3.05, 3.63) is 81.3 Å². The van der Waals surface area contributed by atoms with Crippen LogP contribution >= 0.6 is 11.3 Å². The highest BCUT2D eigenvalue weighted by Crippen LogP contribution is 2.19. The van der Waals surface area contributed by atoms with Crippen LogP contribution in [0.5, 0.6) is 0 Å². The molecule has 0 saturated carbocycles. The lowest BCUT2D eigenvalue weighted by molar-refractivity contribution is 0.0741. The number of amides is 1. The number of hydrogen-bond acceptors (Lipinski definition) is 3. The van der Waals surface area contributed by atoms with E-state index in [1.54, 1.807) is 23.5 Å². The molecule has 1 N–H and O–H groups in total. The summed E-state index contributed by atoms with van der Waals surface area (Å²) in [5.41, 5.74) is 2.11. The summed E-state index contributed by atoms with van der Waals surface area (Å²) < 4.78 is 0. The van der Waals surface area contributed by atoms with E-state index < -0.39 is 0 Å². The molecule has 2 heterocycles. The fourth-order valence-corrected chi connectivity index (χ4v) is 3.72. The molecule has 0 bridgehead atoms. The Kier molecular flexibility index (Phi) is 5.68. The van der Waals surface area contributed by atoms with Crippen molar-refractivity contribution in [3.63, 3.8) is 0 Å². The van der Waals surface area contributed by atoms with E-state index in [0.717, 1.165) is 11.3 Å². The third-order valence-corrected chi connectivity index (χ3v) is 5.22. The van der Waals surface area contributed by atoms with Crippen molar-refractivity contribution >= 4 is 23.0 Å². The SMILES string of the molecule is CC(=O)c1ccc(C(=O)N(CCc2ccccc2)Cc2ccc(C)s2)[nH]1. The molecule has 0 aliphatic rings. The standard InChI is InChI=1S/C21H22N2O2S/c1-15-8-9-18(26-15)14-23(13-12-17-6-4-3-5-7-17)21(25)20-11-10-19(22-20)16(2)24/h3-11,22H,12-14H2,1-2H3. The van der Waals surface area contributed by atoms with Crippen LogP contribution in [0.2, 0.25) is 0 Å². The lowest BCUT2D eigenvalue weighted by Gasteiger charge is -2.22. The molecule has 0 spiro atoms. The molecule has 0 aliphatic heterocycles. The number of H-pyrrole nitrogens is 1. The zero-order chi connectivity index (χ0) is 18.5. The first-order chi connectivity index (χ1) is 12.5. The minimum Gasteiger partial charge on any atom is -0.348 e. The van der Waals surface area contributed by atoms with Crippen LogP contribution in [0.25, 0.3) is 0 Å². The van der Waals surface area contributed by atoms with Crippen LogP contribution in [0.15, 0.2) is 54.6 Å². The van der Waals surface area contributed by atoms with E-state index in [4.69, 9.17) is 0 Å². The van der Waals surface area contributed by atoms with Crippen molar-refractivity contribution in [1.29, 1.82) is 0 Å². The second-order valence-electron chi connectivity index (χ2n) is 6.32. The normalized spacial score (nSPS) is 10.7. The van der Waals surface area contributed by atoms with Crippen molar-refractivity contribution in [2.45, 2.75) is 26.8 Å². The van der Waals surface area contributed by atoms with Gasteiger partial charge in [-0.1, -0.05) is 30.3 Å². The number of ketones is 1. The predicted octanol–water partition coefficient (Wildman–Crippen LogP) is 4.47. The number of aryl methyl sites for hydroxylation is 1. The van der Waals surface area contributed by atoms with Gasteiger partial charge in [-0.15, -0.1) is 11.3 Å². The van der Waals surface area contributed by atoms with Gasteiger partial charge in [-0.2, -0.15) is 0 Å². The largest absolute Gasteiger partial charge is 0.348 e. The van der Waals surface area contributed by atoms with Crippen molar-refractivity contribution in [2.75, 3.05) is 6.54 Å². The van der Waals surface area contributed by atoms with E-state index in [-0.39, 0.29) is 11.7 Å². The zero-order valence-electron chi connectivity index (χ0n) is 15.0. The Morgan fingerprint density at radius 3 is 2.35 bits per heavy atom. The molecule has 3 rings (SSSR count). The lowest BCUT2D eigenvalue weighted by Crippen LogP contribution is -2.32. The monoisotopic (exact) mass is 366 g/mol. The number of carbonyl (C=O) groups excluding carboxylic acids is 2. The Morgan fingerprint density at radius 2 is 1.73 bits per heavy atom. The fourth-order valence-electron chi connectivity index (χ4n) is 2.81. The highest BCUT2D eigenvalue weighted by molar-refractivity contribution is 7.11. The second-order valence-corrected chi connectivity index (χ2v) is 7.69. The van der Waals surface area contributed by atoms with Gasteiger partial charge in [0, 0.05) is 23.2 Å². The summed E-state index contributed by atoms with van der Waals surface area (Å²) in [7, 11) is 0. The summed E-state index contributed by atoms with van der Waals surface area (Å²) in [6, 6.07) is 17.6. The maximum Gasteiger partial charge on any atom is 0.270 e. The van der Waals surface area contributed by atoms with Crippen LogP contribution in [0.1, 0.15) is 43.2 Å². The first-order valence-electron chi connectivity index (χ1n) is 8.61.